The van der Waals surface area contributed by atoms with Gasteiger partial charge in [-0.3, -0.25) is 14.9 Å². The van der Waals surface area contributed by atoms with E-state index in [1.165, 1.54) is 12.8 Å². The van der Waals surface area contributed by atoms with Crippen LogP contribution in [0.4, 0.5) is 0 Å². The van der Waals surface area contributed by atoms with Gasteiger partial charge < -0.3 is 14.0 Å². The largest absolute Gasteiger partial charge is 0.332 e. The van der Waals surface area contributed by atoms with E-state index in [9.17, 15) is 9.59 Å². The molecule has 0 aliphatic carbocycles. The van der Waals surface area contributed by atoms with Gasteiger partial charge in [0.1, 0.15) is 11.3 Å². The summed E-state index contributed by atoms with van der Waals surface area (Å²) >= 11 is 0. The van der Waals surface area contributed by atoms with Crippen LogP contribution in [0.15, 0.2) is 49.1 Å². The summed E-state index contributed by atoms with van der Waals surface area (Å²) in [4.78, 5) is 38.5. The van der Waals surface area contributed by atoms with Crippen molar-refractivity contribution in [1.29, 1.82) is 0 Å². The fourth-order valence-electron chi connectivity index (χ4n) is 5.97. The normalized spacial score (nSPS) is 18.3. The van der Waals surface area contributed by atoms with Crippen molar-refractivity contribution in [2.24, 2.45) is 0 Å². The summed E-state index contributed by atoms with van der Waals surface area (Å²) in [5.41, 5.74) is 4.04. The minimum atomic E-state index is -0.358. The number of pyridine rings is 2. The Labute approximate surface area is 222 Å². The first-order valence-electron chi connectivity index (χ1n) is 13.9. The molecule has 196 valence electrons. The van der Waals surface area contributed by atoms with Gasteiger partial charge in [-0.15, -0.1) is 0 Å². The summed E-state index contributed by atoms with van der Waals surface area (Å²) in [5.74, 6) is -0.716. The third-order valence-corrected chi connectivity index (χ3v) is 7.93. The summed E-state index contributed by atoms with van der Waals surface area (Å²) in [5, 5.41) is 4.35. The Hall–Kier alpha value is -3.78. The third-order valence-electron chi connectivity index (χ3n) is 7.93. The minimum Gasteiger partial charge on any atom is -0.332 e. The number of aromatic nitrogens is 4. The fraction of sp³-hybridized carbons (Fsp3) is 0.400. The highest BCUT2D eigenvalue weighted by atomic mass is 16.2. The van der Waals surface area contributed by atoms with E-state index in [1.54, 1.807) is 12.4 Å². The molecule has 0 radical (unpaired) electrons. The lowest BCUT2D eigenvalue weighted by Gasteiger charge is -2.20. The van der Waals surface area contributed by atoms with Gasteiger partial charge in [0.2, 0.25) is 0 Å². The number of nitrogens with zero attached hydrogens (tertiary/aromatic N) is 5. The van der Waals surface area contributed by atoms with E-state index in [0.29, 0.717) is 11.1 Å². The van der Waals surface area contributed by atoms with E-state index < -0.39 is 0 Å². The molecule has 38 heavy (non-hydrogen) atoms. The molecule has 0 fully saturated rings. The molecule has 0 saturated carbocycles. The number of imide groups is 1. The van der Waals surface area contributed by atoms with Crippen molar-refractivity contribution in [3.63, 3.8) is 0 Å². The molecule has 6 heterocycles. The predicted molar refractivity (Wildman–Crippen MR) is 149 cm³/mol. The smallest absolute Gasteiger partial charge is 0.259 e. The molecule has 8 nitrogen and oxygen atoms in total. The first-order valence-corrected chi connectivity index (χ1v) is 13.9. The molecule has 2 aliphatic heterocycles. The third kappa shape index (κ3) is 4.43. The highest BCUT2D eigenvalue weighted by Gasteiger charge is 2.35. The molecule has 8 heteroatoms. The van der Waals surface area contributed by atoms with Gasteiger partial charge in [0.15, 0.2) is 0 Å². The summed E-state index contributed by atoms with van der Waals surface area (Å²) in [6.45, 7) is 7.22. The number of hydrogen-bond acceptors (Lipinski definition) is 5. The standard InChI is InChI=1S/C30H34N6O2/c1-2-34-15-5-3-7-17-35-19-23(21-11-9-13-31-27(21)35)25-26(30(38)33-29(25)37)24-20-36(18-8-4-6-16-34)28-22(24)12-10-14-32-28/h9-14,19-20H,2-8,15-18H2,1H3,(H,33,37,38). The van der Waals surface area contributed by atoms with E-state index in [2.05, 4.69) is 36.2 Å². The van der Waals surface area contributed by atoms with Crippen LogP contribution in [0.3, 0.4) is 0 Å². The van der Waals surface area contributed by atoms with Crippen LogP contribution in [-0.4, -0.2) is 55.5 Å². The molecule has 4 aromatic rings. The average Bonchev–Trinajstić information content (AvgIpc) is 3.57. The van der Waals surface area contributed by atoms with Crippen LogP contribution >= 0.6 is 0 Å². The monoisotopic (exact) mass is 510 g/mol. The van der Waals surface area contributed by atoms with Crippen molar-refractivity contribution >= 4 is 45.0 Å². The minimum absolute atomic E-state index is 0.358. The molecule has 2 aliphatic rings. The Balaban J connectivity index is 1.51. The van der Waals surface area contributed by atoms with Crippen molar-refractivity contribution in [2.45, 2.75) is 58.5 Å². The number of carbonyl (C=O) groups is 2. The van der Waals surface area contributed by atoms with Crippen LogP contribution in [0.1, 0.15) is 56.6 Å². The predicted octanol–water partition coefficient (Wildman–Crippen LogP) is 4.63. The van der Waals surface area contributed by atoms with Gasteiger partial charge in [-0.1, -0.05) is 19.8 Å². The molecular weight excluding hydrogens is 476 g/mol. The molecule has 0 aromatic carbocycles. The molecule has 2 amide bonds. The second kappa shape index (κ2) is 10.5. The summed E-state index contributed by atoms with van der Waals surface area (Å²) in [7, 11) is 0. The van der Waals surface area contributed by atoms with E-state index in [4.69, 9.17) is 0 Å². The molecule has 1 N–H and O–H groups in total. The maximum absolute atomic E-state index is 13.3. The van der Waals surface area contributed by atoms with Crippen LogP contribution in [0.5, 0.6) is 0 Å². The summed E-state index contributed by atoms with van der Waals surface area (Å²) in [6, 6.07) is 7.76. The lowest BCUT2D eigenvalue weighted by molar-refractivity contribution is -0.122. The van der Waals surface area contributed by atoms with Crippen molar-refractivity contribution in [1.82, 2.24) is 29.3 Å². The van der Waals surface area contributed by atoms with Crippen LogP contribution < -0.4 is 5.32 Å². The Kier molecular flexibility index (Phi) is 6.81. The lowest BCUT2D eigenvalue weighted by atomic mass is 9.96. The number of amides is 2. The zero-order chi connectivity index (χ0) is 26.1. The topological polar surface area (TPSA) is 85.0 Å². The van der Waals surface area contributed by atoms with Crippen molar-refractivity contribution in [2.75, 3.05) is 19.6 Å². The van der Waals surface area contributed by atoms with E-state index in [-0.39, 0.29) is 11.8 Å². The first-order chi connectivity index (χ1) is 18.7. The average molecular weight is 511 g/mol. The number of rotatable bonds is 1. The SMILES string of the molecule is CCN1CCCCCn2cc(c3cccnc32)C2=C(C(=O)NC2=O)c2cn(c3ncccc23)CCCCC1. The van der Waals surface area contributed by atoms with Crippen LogP contribution in [-0.2, 0) is 22.7 Å². The first kappa shape index (κ1) is 24.6. The van der Waals surface area contributed by atoms with Gasteiger partial charge in [0.05, 0.1) is 11.1 Å². The Morgan fingerprint density at radius 1 is 0.711 bits per heavy atom. The molecule has 0 unspecified atom stereocenters. The highest BCUT2D eigenvalue weighted by Crippen LogP contribution is 2.38. The second-order valence-corrected chi connectivity index (χ2v) is 10.3. The van der Waals surface area contributed by atoms with Gasteiger partial charge in [-0.25, -0.2) is 9.97 Å². The summed E-state index contributed by atoms with van der Waals surface area (Å²) in [6.07, 6.45) is 14.3. The number of carbonyl (C=O) groups excluding carboxylic acids is 2. The van der Waals surface area contributed by atoms with Gasteiger partial charge in [-0.05, 0) is 69.6 Å². The number of nitrogens with one attached hydrogen (secondary N) is 1. The van der Waals surface area contributed by atoms with Crippen LogP contribution in [0, 0.1) is 0 Å². The highest BCUT2D eigenvalue weighted by molar-refractivity contribution is 6.50. The maximum atomic E-state index is 13.3. The maximum Gasteiger partial charge on any atom is 0.259 e. The molecule has 0 spiro atoms. The molecule has 4 aromatic heterocycles. The zero-order valence-corrected chi connectivity index (χ0v) is 21.9. The van der Waals surface area contributed by atoms with Gasteiger partial charge in [0.25, 0.3) is 11.8 Å². The molecule has 6 rings (SSSR count). The quantitative estimate of drug-likeness (QED) is 0.378. The van der Waals surface area contributed by atoms with Crippen LogP contribution in [0.2, 0.25) is 0 Å². The Bertz CT molecular complexity index is 1430. The number of fused-ring (bicyclic) bond motifs is 12. The van der Waals surface area contributed by atoms with Gasteiger partial charge >= 0.3 is 0 Å². The molecule has 4 bridgehead atoms. The lowest BCUT2D eigenvalue weighted by Crippen LogP contribution is -2.25. The van der Waals surface area contributed by atoms with E-state index in [0.717, 1.165) is 91.6 Å². The van der Waals surface area contributed by atoms with E-state index in [1.807, 2.05) is 36.7 Å². The van der Waals surface area contributed by atoms with Gasteiger partial charge in [0, 0.05) is 59.8 Å². The fourth-order valence-corrected chi connectivity index (χ4v) is 5.97. The number of aryl methyl sites for hydroxylation is 2. The molecular formula is C30H34N6O2. The Morgan fingerprint density at radius 3 is 1.66 bits per heavy atom. The molecule has 0 atom stereocenters. The van der Waals surface area contributed by atoms with E-state index >= 15 is 0 Å². The Morgan fingerprint density at radius 2 is 1.18 bits per heavy atom. The summed E-state index contributed by atoms with van der Waals surface area (Å²) < 4.78 is 4.28. The van der Waals surface area contributed by atoms with Crippen molar-refractivity contribution < 1.29 is 9.59 Å². The zero-order valence-electron chi connectivity index (χ0n) is 21.9. The van der Waals surface area contributed by atoms with Crippen molar-refractivity contribution in [3.05, 3.63) is 60.2 Å². The molecule has 0 saturated heterocycles. The number of hydrogen-bond donors (Lipinski definition) is 1. The second-order valence-electron chi connectivity index (χ2n) is 10.3. The van der Waals surface area contributed by atoms with Crippen LogP contribution in [0.25, 0.3) is 33.2 Å². The van der Waals surface area contributed by atoms with Crippen molar-refractivity contribution in [3.8, 4) is 0 Å². The van der Waals surface area contributed by atoms with Gasteiger partial charge in [-0.2, -0.15) is 0 Å².